The Labute approximate surface area is 110 Å². The molecule has 0 fully saturated rings. The third kappa shape index (κ3) is 5.34. The summed E-state index contributed by atoms with van der Waals surface area (Å²) in [5.41, 5.74) is 1.25. The van der Waals surface area contributed by atoms with Crippen LogP contribution in [0.5, 0.6) is 5.75 Å². The van der Waals surface area contributed by atoms with Crippen LogP contribution in [0.4, 0.5) is 0 Å². The minimum atomic E-state index is 0.318. The summed E-state index contributed by atoms with van der Waals surface area (Å²) in [4.78, 5) is 0. The zero-order valence-electron chi connectivity index (χ0n) is 11.3. The lowest BCUT2D eigenvalue weighted by molar-refractivity contribution is 0.138. The van der Waals surface area contributed by atoms with Gasteiger partial charge in [0.15, 0.2) is 0 Å². The summed E-state index contributed by atoms with van der Waals surface area (Å²) in [7, 11) is 1.68. The molecule has 3 heteroatoms. The lowest BCUT2D eigenvalue weighted by atomic mass is 10.1. The van der Waals surface area contributed by atoms with Crippen LogP contribution in [0.1, 0.15) is 24.9 Å². The van der Waals surface area contributed by atoms with Gasteiger partial charge in [-0.3, -0.25) is 0 Å². The fraction of sp³-hybridized carbons (Fsp3) is 0.467. The molecule has 1 aromatic rings. The lowest BCUT2D eigenvalue weighted by Crippen LogP contribution is -2.23. The van der Waals surface area contributed by atoms with E-state index in [0.29, 0.717) is 6.04 Å². The van der Waals surface area contributed by atoms with Gasteiger partial charge in [-0.05, 0) is 31.0 Å². The molecule has 0 saturated heterocycles. The monoisotopic (exact) mass is 249 g/mol. The number of nitrogens with one attached hydrogen (secondary N) is 1. The van der Waals surface area contributed by atoms with Crippen molar-refractivity contribution in [1.82, 2.24) is 5.32 Å². The topological polar surface area (TPSA) is 30.5 Å². The Hall–Kier alpha value is -1.32. The van der Waals surface area contributed by atoms with E-state index in [1.165, 1.54) is 5.56 Å². The highest BCUT2D eigenvalue weighted by Gasteiger charge is 2.04. The largest absolute Gasteiger partial charge is 0.497 e. The van der Waals surface area contributed by atoms with E-state index in [2.05, 4.69) is 31.0 Å². The van der Waals surface area contributed by atoms with Gasteiger partial charge >= 0.3 is 0 Å². The average molecular weight is 249 g/mol. The summed E-state index contributed by atoms with van der Waals surface area (Å²) in [5, 5.41) is 3.42. The maximum Gasteiger partial charge on any atom is 0.118 e. The molecule has 1 atom stereocenters. The molecule has 0 spiro atoms. The van der Waals surface area contributed by atoms with Gasteiger partial charge < -0.3 is 14.8 Å². The first-order valence-electron chi connectivity index (χ1n) is 6.34. The molecule has 3 nitrogen and oxygen atoms in total. The zero-order chi connectivity index (χ0) is 13.2. The second-order valence-corrected chi connectivity index (χ2v) is 4.14. The molecular formula is C15H23NO2. The van der Waals surface area contributed by atoms with E-state index >= 15 is 0 Å². The molecule has 0 aliphatic rings. The van der Waals surface area contributed by atoms with E-state index < -0.39 is 0 Å². The molecule has 0 amide bonds. The Balaban J connectivity index is 2.22. The highest BCUT2D eigenvalue weighted by atomic mass is 16.5. The Bertz CT molecular complexity index is 335. The molecule has 0 aliphatic heterocycles. The highest BCUT2D eigenvalue weighted by molar-refractivity contribution is 5.28. The summed E-state index contributed by atoms with van der Waals surface area (Å²) in [6, 6.07) is 8.44. The van der Waals surface area contributed by atoms with Crippen LogP contribution in [0.25, 0.3) is 0 Å². The van der Waals surface area contributed by atoms with Gasteiger partial charge in [0, 0.05) is 12.6 Å². The fourth-order valence-corrected chi connectivity index (χ4v) is 1.63. The molecule has 0 saturated carbocycles. The van der Waals surface area contributed by atoms with Crippen molar-refractivity contribution in [1.29, 1.82) is 0 Å². The van der Waals surface area contributed by atoms with Gasteiger partial charge in [-0.2, -0.15) is 0 Å². The van der Waals surface area contributed by atoms with E-state index in [1.54, 1.807) is 7.11 Å². The quantitative estimate of drug-likeness (QED) is 0.539. The zero-order valence-corrected chi connectivity index (χ0v) is 11.3. The molecule has 100 valence electrons. The Morgan fingerprint density at radius 3 is 2.61 bits per heavy atom. The SMILES string of the molecule is C=CCCOCCNC(C)c1ccc(OC)cc1. The van der Waals surface area contributed by atoms with E-state index in [9.17, 15) is 0 Å². The van der Waals surface area contributed by atoms with E-state index in [4.69, 9.17) is 9.47 Å². The van der Waals surface area contributed by atoms with Gasteiger partial charge in [0.2, 0.25) is 0 Å². The van der Waals surface area contributed by atoms with Crippen molar-refractivity contribution >= 4 is 0 Å². The Morgan fingerprint density at radius 1 is 1.28 bits per heavy atom. The smallest absolute Gasteiger partial charge is 0.118 e. The second-order valence-electron chi connectivity index (χ2n) is 4.14. The van der Waals surface area contributed by atoms with Crippen molar-refractivity contribution in [3.05, 3.63) is 42.5 Å². The van der Waals surface area contributed by atoms with Gasteiger partial charge in [-0.15, -0.1) is 6.58 Å². The van der Waals surface area contributed by atoms with E-state index in [0.717, 1.165) is 31.9 Å². The Kier molecular flexibility index (Phi) is 7.14. The van der Waals surface area contributed by atoms with Crippen molar-refractivity contribution in [2.24, 2.45) is 0 Å². The number of hydrogen-bond acceptors (Lipinski definition) is 3. The molecule has 0 aromatic heterocycles. The van der Waals surface area contributed by atoms with Crippen LogP contribution in [0, 0.1) is 0 Å². The standard InChI is InChI=1S/C15H23NO2/c1-4-5-11-18-12-10-16-13(2)14-6-8-15(17-3)9-7-14/h4,6-9,13,16H,1,5,10-12H2,2-3H3. The van der Waals surface area contributed by atoms with Crippen LogP contribution in [0.3, 0.4) is 0 Å². The Morgan fingerprint density at radius 2 is 2.00 bits per heavy atom. The first kappa shape index (κ1) is 14.7. The summed E-state index contributed by atoms with van der Waals surface area (Å²) in [5.74, 6) is 0.888. The third-order valence-corrected chi connectivity index (χ3v) is 2.78. The van der Waals surface area contributed by atoms with Crippen molar-refractivity contribution in [2.45, 2.75) is 19.4 Å². The molecule has 1 N–H and O–H groups in total. The molecule has 1 unspecified atom stereocenters. The maximum atomic E-state index is 5.44. The molecule has 0 heterocycles. The van der Waals surface area contributed by atoms with Crippen LogP contribution in [-0.2, 0) is 4.74 Å². The van der Waals surface area contributed by atoms with Gasteiger partial charge in [0.25, 0.3) is 0 Å². The number of rotatable bonds is 9. The maximum absolute atomic E-state index is 5.44. The van der Waals surface area contributed by atoms with Crippen LogP contribution >= 0.6 is 0 Å². The molecule has 18 heavy (non-hydrogen) atoms. The molecule has 1 rings (SSSR count). The molecule has 0 bridgehead atoms. The van der Waals surface area contributed by atoms with Gasteiger partial charge in [0.1, 0.15) is 5.75 Å². The van der Waals surface area contributed by atoms with Crippen LogP contribution < -0.4 is 10.1 Å². The first-order valence-corrected chi connectivity index (χ1v) is 6.34. The predicted molar refractivity (Wildman–Crippen MR) is 75.0 cm³/mol. The minimum Gasteiger partial charge on any atom is -0.497 e. The van der Waals surface area contributed by atoms with Crippen LogP contribution in [-0.4, -0.2) is 26.9 Å². The molecular weight excluding hydrogens is 226 g/mol. The summed E-state index contributed by atoms with van der Waals surface area (Å²) in [6.45, 7) is 8.13. The summed E-state index contributed by atoms with van der Waals surface area (Å²) in [6.07, 6.45) is 2.78. The van der Waals surface area contributed by atoms with Gasteiger partial charge in [-0.1, -0.05) is 18.2 Å². The second kappa shape index (κ2) is 8.72. The van der Waals surface area contributed by atoms with Crippen molar-refractivity contribution in [2.75, 3.05) is 26.9 Å². The van der Waals surface area contributed by atoms with Crippen molar-refractivity contribution in [3.8, 4) is 5.75 Å². The normalized spacial score (nSPS) is 12.1. The average Bonchev–Trinajstić information content (AvgIpc) is 2.42. The fourth-order valence-electron chi connectivity index (χ4n) is 1.63. The molecule has 0 aliphatic carbocycles. The number of benzene rings is 1. The minimum absolute atomic E-state index is 0.318. The molecule has 1 aromatic carbocycles. The number of methoxy groups -OCH3 is 1. The third-order valence-electron chi connectivity index (χ3n) is 2.78. The molecule has 0 radical (unpaired) electrons. The van der Waals surface area contributed by atoms with Crippen LogP contribution in [0.2, 0.25) is 0 Å². The first-order chi connectivity index (χ1) is 8.77. The summed E-state index contributed by atoms with van der Waals surface area (Å²) >= 11 is 0. The van der Waals surface area contributed by atoms with Crippen molar-refractivity contribution in [3.63, 3.8) is 0 Å². The van der Waals surface area contributed by atoms with Crippen molar-refractivity contribution < 1.29 is 9.47 Å². The number of hydrogen-bond donors (Lipinski definition) is 1. The van der Waals surface area contributed by atoms with Crippen LogP contribution in [0.15, 0.2) is 36.9 Å². The van der Waals surface area contributed by atoms with Gasteiger partial charge in [0.05, 0.1) is 20.3 Å². The summed E-state index contributed by atoms with van der Waals surface area (Å²) < 4.78 is 10.6. The predicted octanol–water partition coefficient (Wildman–Crippen LogP) is 2.94. The van der Waals surface area contributed by atoms with E-state index in [1.807, 2.05) is 18.2 Å². The van der Waals surface area contributed by atoms with Gasteiger partial charge in [-0.25, -0.2) is 0 Å². The highest BCUT2D eigenvalue weighted by Crippen LogP contribution is 2.16. The number of ether oxygens (including phenoxy) is 2. The van der Waals surface area contributed by atoms with E-state index in [-0.39, 0.29) is 0 Å². The lowest BCUT2D eigenvalue weighted by Gasteiger charge is -2.14.